The second kappa shape index (κ2) is 10.4. The van der Waals surface area contributed by atoms with Gasteiger partial charge in [-0.2, -0.15) is 0 Å². The van der Waals surface area contributed by atoms with Crippen LogP contribution < -0.4 is 9.80 Å². The molecule has 46 heavy (non-hydrogen) atoms. The molecule has 1 aliphatic carbocycles. The molecule has 0 atom stereocenters. The molecule has 0 saturated carbocycles. The van der Waals surface area contributed by atoms with Crippen molar-refractivity contribution in [2.24, 2.45) is 0 Å². The first-order chi connectivity index (χ1) is 22.8. The summed E-state index contributed by atoms with van der Waals surface area (Å²) >= 11 is 0. The van der Waals surface area contributed by atoms with Crippen LogP contribution in [0.3, 0.4) is 0 Å². The number of hydrogen-bond donors (Lipinski definition) is 0. The fourth-order valence-electron chi connectivity index (χ4n) is 7.99. The predicted octanol–water partition coefficient (Wildman–Crippen LogP) is 11.6. The Hall–Kier alpha value is -5.86. The summed E-state index contributed by atoms with van der Waals surface area (Å²) in [6.45, 7) is 2.27. The molecule has 0 unspecified atom stereocenters. The molecule has 0 bridgehead atoms. The van der Waals surface area contributed by atoms with Crippen molar-refractivity contribution in [1.29, 1.82) is 0 Å². The topological polar surface area (TPSA) is 6.48 Å². The predicted molar refractivity (Wildman–Crippen MR) is 191 cm³/mol. The number of hydrogen-bond acceptors (Lipinski definition) is 2. The lowest BCUT2D eigenvalue weighted by Crippen LogP contribution is -2.37. The Bertz CT molecular complexity index is 2130. The average molecular weight is 589 g/mol. The van der Waals surface area contributed by atoms with Crippen molar-refractivity contribution in [2.45, 2.75) is 12.3 Å². The van der Waals surface area contributed by atoms with E-state index in [1.807, 2.05) is 0 Å². The Labute approximate surface area is 270 Å². The van der Waals surface area contributed by atoms with Crippen LogP contribution in [0.15, 0.2) is 176 Å². The van der Waals surface area contributed by atoms with Gasteiger partial charge in [0, 0.05) is 22.6 Å². The summed E-state index contributed by atoms with van der Waals surface area (Å²) in [5.41, 5.74) is 15.6. The highest BCUT2D eigenvalue weighted by Crippen LogP contribution is 2.66. The van der Waals surface area contributed by atoms with Crippen molar-refractivity contribution in [3.63, 3.8) is 0 Å². The zero-order valence-corrected chi connectivity index (χ0v) is 25.6. The molecule has 0 N–H and O–H groups in total. The van der Waals surface area contributed by atoms with Crippen LogP contribution >= 0.6 is 0 Å². The van der Waals surface area contributed by atoms with E-state index in [0.29, 0.717) is 0 Å². The summed E-state index contributed by atoms with van der Waals surface area (Å²) in [5, 5.41) is 0. The van der Waals surface area contributed by atoms with E-state index in [2.05, 4.69) is 193 Å². The summed E-state index contributed by atoms with van der Waals surface area (Å²) in [6.07, 6.45) is 0. The van der Waals surface area contributed by atoms with Gasteiger partial charge in [0.15, 0.2) is 0 Å². The van der Waals surface area contributed by atoms with Crippen molar-refractivity contribution in [3.8, 4) is 11.1 Å². The molecule has 0 fully saturated rings. The van der Waals surface area contributed by atoms with E-state index in [1.54, 1.807) is 0 Å². The second-order valence-corrected chi connectivity index (χ2v) is 12.2. The van der Waals surface area contributed by atoms with Gasteiger partial charge >= 0.3 is 0 Å². The van der Waals surface area contributed by atoms with Gasteiger partial charge in [0.05, 0.1) is 22.5 Å². The van der Waals surface area contributed by atoms with Crippen LogP contribution in [0, 0.1) is 6.92 Å². The Balaban J connectivity index is 1.46. The monoisotopic (exact) mass is 588 g/mol. The minimum Gasteiger partial charge on any atom is -0.310 e. The fraction of sp³-hybridized carbons (Fsp3) is 0.0455. The maximum Gasteiger partial charge on any atom is 0.0774 e. The van der Waals surface area contributed by atoms with Gasteiger partial charge in [-0.1, -0.05) is 127 Å². The highest BCUT2D eigenvalue weighted by atomic mass is 15.2. The molecule has 9 rings (SSSR count). The average Bonchev–Trinajstić information content (AvgIpc) is 3.42. The standard InChI is InChI=1S/C44H32N2/c1-31-29-30-36-35-23-11-12-24-37(35)44(42(36)43(31)45(32-17-5-2-6-18-32)33-19-7-3-8-20-33)38-25-13-15-27-40(38)46(34-21-9-4-10-22-34)41-28-16-14-26-39(41)44/h2-30H,1H3. The molecule has 2 nitrogen and oxygen atoms in total. The van der Waals surface area contributed by atoms with Crippen LogP contribution in [-0.4, -0.2) is 0 Å². The number of benzene rings is 7. The normalized spacial score (nSPS) is 13.5. The van der Waals surface area contributed by atoms with E-state index in [9.17, 15) is 0 Å². The van der Waals surface area contributed by atoms with Crippen LogP contribution in [0.1, 0.15) is 27.8 Å². The number of rotatable bonds is 4. The third-order valence-electron chi connectivity index (χ3n) is 9.74. The summed E-state index contributed by atoms with van der Waals surface area (Å²) < 4.78 is 0. The highest BCUT2D eigenvalue weighted by molar-refractivity contribution is 6.00. The van der Waals surface area contributed by atoms with Gasteiger partial charge in [-0.05, 0) is 88.8 Å². The van der Waals surface area contributed by atoms with Gasteiger partial charge < -0.3 is 9.80 Å². The third kappa shape index (κ3) is 3.64. The molecule has 218 valence electrons. The van der Waals surface area contributed by atoms with E-state index < -0.39 is 5.41 Å². The fourth-order valence-corrected chi connectivity index (χ4v) is 7.99. The first kappa shape index (κ1) is 26.5. The summed E-state index contributed by atoms with van der Waals surface area (Å²) in [6, 6.07) is 64.2. The lowest BCUT2D eigenvalue weighted by atomic mass is 9.64. The van der Waals surface area contributed by atoms with Crippen molar-refractivity contribution in [3.05, 3.63) is 204 Å². The van der Waals surface area contributed by atoms with Crippen molar-refractivity contribution >= 4 is 34.1 Å². The molecule has 0 aromatic heterocycles. The van der Waals surface area contributed by atoms with E-state index in [4.69, 9.17) is 0 Å². The van der Waals surface area contributed by atoms with Gasteiger partial charge in [0.1, 0.15) is 0 Å². The molecule has 0 radical (unpaired) electrons. The zero-order valence-electron chi connectivity index (χ0n) is 25.6. The van der Waals surface area contributed by atoms with Crippen LogP contribution in [0.2, 0.25) is 0 Å². The number of anilines is 6. The van der Waals surface area contributed by atoms with Gasteiger partial charge in [-0.15, -0.1) is 0 Å². The molecular formula is C44H32N2. The van der Waals surface area contributed by atoms with Crippen LogP contribution in [0.4, 0.5) is 34.1 Å². The van der Waals surface area contributed by atoms with E-state index >= 15 is 0 Å². The van der Waals surface area contributed by atoms with E-state index in [1.165, 1.54) is 56.0 Å². The number of fused-ring (bicyclic) bond motifs is 9. The Morgan fingerprint density at radius 3 is 1.50 bits per heavy atom. The maximum atomic E-state index is 2.47. The summed E-state index contributed by atoms with van der Waals surface area (Å²) in [7, 11) is 0. The van der Waals surface area contributed by atoms with Crippen LogP contribution in [0.5, 0.6) is 0 Å². The number of para-hydroxylation sites is 5. The third-order valence-corrected chi connectivity index (χ3v) is 9.74. The van der Waals surface area contributed by atoms with Crippen molar-refractivity contribution < 1.29 is 0 Å². The number of nitrogens with zero attached hydrogens (tertiary/aromatic N) is 2. The van der Waals surface area contributed by atoms with Gasteiger partial charge in [-0.25, -0.2) is 0 Å². The molecule has 1 heterocycles. The molecule has 1 aliphatic heterocycles. The van der Waals surface area contributed by atoms with E-state index in [0.717, 1.165) is 17.1 Å². The molecule has 1 spiro atoms. The quantitative estimate of drug-likeness (QED) is 0.202. The van der Waals surface area contributed by atoms with Gasteiger partial charge in [0.25, 0.3) is 0 Å². The minimum absolute atomic E-state index is 0.548. The minimum atomic E-state index is -0.548. The molecule has 7 aromatic carbocycles. The summed E-state index contributed by atoms with van der Waals surface area (Å²) in [4.78, 5) is 4.91. The lowest BCUT2D eigenvalue weighted by Gasteiger charge is -2.46. The van der Waals surface area contributed by atoms with Crippen molar-refractivity contribution in [1.82, 2.24) is 0 Å². The Morgan fingerprint density at radius 1 is 0.435 bits per heavy atom. The molecule has 2 heteroatoms. The maximum absolute atomic E-state index is 2.47. The van der Waals surface area contributed by atoms with Gasteiger partial charge in [0.2, 0.25) is 0 Å². The molecule has 0 saturated heterocycles. The van der Waals surface area contributed by atoms with Crippen LogP contribution in [-0.2, 0) is 5.41 Å². The smallest absolute Gasteiger partial charge is 0.0774 e. The zero-order chi connectivity index (χ0) is 30.7. The largest absolute Gasteiger partial charge is 0.310 e. The molecule has 7 aromatic rings. The number of aryl methyl sites for hydroxylation is 1. The van der Waals surface area contributed by atoms with Gasteiger partial charge in [-0.3, -0.25) is 0 Å². The molecule has 0 amide bonds. The highest BCUT2D eigenvalue weighted by Gasteiger charge is 2.53. The Kier molecular flexibility index (Phi) is 5.97. The molecular weight excluding hydrogens is 556 g/mol. The first-order valence-electron chi connectivity index (χ1n) is 16.0. The first-order valence-corrected chi connectivity index (χ1v) is 16.0. The second-order valence-electron chi connectivity index (χ2n) is 12.2. The SMILES string of the molecule is Cc1ccc2c(c1N(c1ccccc1)c1ccccc1)C1(c3ccccc3-2)c2ccccc2N(c2ccccc2)c2ccccc21. The Morgan fingerprint density at radius 2 is 0.913 bits per heavy atom. The molecule has 2 aliphatic rings. The summed E-state index contributed by atoms with van der Waals surface area (Å²) in [5.74, 6) is 0. The van der Waals surface area contributed by atoms with Crippen LogP contribution in [0.25, 0.3) is 11.1 Å². The lowest BCUT2D eigenvalue weighted by molar-refractivity contribution is 0.751. The van der Waals surface area contributed by atoms with E-state index in [-0.39, 0.29) is 0 Å². The van der Waals surface area contributed by atoms with Crippen molar-refractivity contribution in [2.75, 3.05) is 9.80 Å².